The SMILES string of the molecule is CCN1c2ccccc2N(CC)C1C1(C)CCCC1. The summed E-state index contributed by atoms with van der Waals surface area (Å²) in [6, 6.07) is 8.93. The molecule has 0 spiro atoms. The van der Waals surface area contributed by atoms with Crippen molar-refractivity contribution < 1.29 is 0 Å². The first-order valence-corrected chi connectivity index (χ1v) is 7.83. The highest BCUT2D eigenvalue weighted by Gasteiger charge is 2.47. The zero-order valence-corrected chi connectivity index (χ0v) is 12.5. The van der Waals surface area contributed by atoms with Crippen LogP contribution in [0.1, 0.15) is 46.5 Å². The molecular formula is C17H26N2. The molecule has 1 aliphatic heterocycles. The Morgan fingerprint density at radius 1 is 1.00 bits per heavy atom. The van der Waals surface area contributed by atoms with Crippen LogP contribution in [0.15, 0.2) is 24.3 Å². The molecule has 2 nitrogen and oxygen atoms in total. The number of fused-ring (bicyclic) bond motifs is 1. The predicted molar refractivity (Wildman–Crippen MR) is 82.8 cm³/mol. The fraction of sp³-hybridized carbons (Fsp3) is 0.647. The summed E-state index contributed by atoms with van der Waals surface area (Å²) in [5.74, 6) is 0. The summed E-state index contributed by atoms with van der Waals surface area (Å²) < 4.78 is 0. The smallest absolute Gasteiger partial charge is 0.107 e. The van der Waals surface area contributed by atoms with Crippen LogP contribution < -0.4 is 9.80 Å². The monoisotopic (exact) mass is 258 g/mol. The van der Waals surface area contributed by atoms with E-state index in [1.54, 1.807) is 0 Å². The topological polar surface area (TPSA) is 6.48 Å². The molecule has 1 fully saturated rings. The molecule has 0 atom stereocenters. The fourth-order valence-electron chi connectivity index (χ4n) is 4.26. The van der Waals surface area contributed by atoms with E-state index in [4.69, 9.17) is 0 Å². The summed E-state index contributed by atoms with van der Waals surface area (Å²) in [5, 5.41) is 0. The van der Waals surface area contributed by atoms with E-state index in [9.17, 15) is 0 Å². The van der Waals surface area contributed by atoms with Gasteiger partial charge < -0.3 is 9.80 Å². The zero-order chi connectivity index (χ0) is 13.5. The molecular weight excluding hydrogens is 232 g/mol. The molecule has 2 aliphatic rings. The fourth-order valence-corrected chi connectivity index (χ4v) is 4.26. The number of para-hydroxylation sites is 2. The molecule has 0 aromatic heterocycles. The predicted octanol–water partition coefficient (Wildman–Crippen LogP) is 4.26. The largest absolute Gasteiger partial charge is 0.349 e. The summed E-state index contributed by atoms with van der Waals surface area (Å²) in [6.45, 7) is 9.30. The molecule has 1 aliphatic carbocycles. The van der Waals surface area contributed by atoms with Crippen molar-refractivity contribution in [2.45, 2.75) is 52.6 Å². The molecule has 1 heterocycles. The molecule has 0 N–H and O–H groups in total. The Labute approximate surface area is 117 Å². The van der Waals surface area contributed by atoms with Gasteiger partial charge in [0.2, 0.25) is 0 Å². The van der Waals surface area contributed by atoms with Crippen molar-refractivity contribution in [2.24, 2.45) is 5.41 Å². The summed E-state index contributed by atoms with van der Waals surface area (Å²) in [7, 11) is 0. The number of rotatable bonds is 3. The number of benzene rings is 1. The van der Waals surface area contributed by atoms with Gasteiger partial charge in [0, 0.05) is 18.5 Å². The molecule has 1 aromatic rings. The van der Waals surface area contributed by atoms with Gasteiger partial charge in [-0.15, -0.1) is 0 Å². The van der Waals surface area contributed by atoms with E-state index in [0.29, 0.717) is 11.6 Å². The number of nitrogens with zero attached hydrogens (tertiary/aromatic N) is 2. The second-order valence-electron chi connectivity index (χ2n) is 6.30. The van der Waals surface area contributed by atoms with Gasteiger partial charge in [0.15, 0.2) is 0 Å². The Hall–Kier alpha value is -1.18. The first-order valence-electron chi connectivity index (χ1n) is 7.83. The van der Waals surface area contributed by atoms with Gasteiger partial charge in [0.05, 0.1) is 11.4 Å². The van der Waals surface area contributed by atoms with Crippen LogP contribution >= 0.6 is 0 Å². The van der Waals surface area contributed by atoms with E-state index in [2.05, 4.69) is 54.8 Å². The number of anilines is 2. The lowest BCUT2D eigenvalue weighted by Gasteiger charge is -2.43. The Bertz CT molecular complexity index is 417. The standard InChI is InChI=1S/C17H26N2/c1-4-18-14-10-6-7-11-15(14)19(5-2)16(18)17(3)12-8-9-13-17/h6-7,10-11,16H,4-5,8-9,12-13H2,1-3H3. The molecule has 0 unspecified atom stereocenters. The third kappa shape index (κ3) is 1.84. The molecule has 3 rings (SSSR count). The van der Waals surface area contributed by atoms with Crippen LogP contribution in [0, 0.1) is 5.41 Å². The molecule has 2 heteroatoms. The van der Waals surface area contributed by atoms with E-state index in [-0.39, 0.29) is 0 Å². The van der Waals surface area contributed by atoms with Crippen molar-refractivity contribution in [3.63, 3.8) is 0 Å². The minimum atomic E-state index is 0.449. The van der Waals surface area contributed by atoms with E-state index in [1.807, 2.05) is 0 Å². The van der Waals surface area contributed by atoms with E-state index in [1.165, 1.54) is 37.1 Å². The molecule has 0 radical (unpaired) electrons. The van der Waals surface area contributed by atoms with E-state index >= 15 is 0 Å². The van der Waals surface area contributed by atoms with Gasteiger partial charge in [-0.3, -0.25) is 0 Å². The van der Waals surface area contributed by atoms with Gasteiger partial charge in [-0.25, -0.2) is 0 Å². The highest BCUT2D eigenvalue weighted by atomic mass is 15.4. The minimum absolute atomic E-state index is 0.449. The summed E-state index contributed by atoms with van der Waals surface area (Å²) >= 11 is 0. The van der Waals surface area contributed by atoms with Crippen molar-refractivity contribution in [2.75, 3.05) is 22.9 Å². The van der Waals surface area contributed by atoms with Gasteiger partial charge in [-0.2, -0.15) is 0 Å². The van der Waals surface area contributed by atoms with Crippen molar-refractivity contribution in [1.29, 1.82) is 0 Å². The van der Waals surface area contributed by atoms with Crippen LogP contribution in [0.3, 0.4) is 0 Å². The van der Waals surface area contributed by atoms with Crippen LogP contribution in [-0.2, 0) is 0 Å². The van der Waals surface area contributed by atoms with Gasteiger partial charge in [-0.1, -0.05) is 31.9 Å². The van der Waals surface area contributed by atoms with Crippen LogP contribution in [-0.4, -0.2) is 19.3 Å². The van der Waals surface area contributed by atoms with Crippen molar-refractivity contribution >= 4 is 11.4 Å². The summed E-state index contributed by atoms with van der Waals surface area (Å²) in [6.07, 6.45) is 6.11. The van der Waals surface area contributed by atoms with Gasteiger partial charge in [0.1, 0.15) is 6.17 Å². The van der Waals surface area contributed by atoms with Crippen molar-refractivity contribution in [3.05, 3.63) is 24.3 Å². The minimum Gasteiger partial charge on any atom is -0.349 e. The molecule has 0 saturated heterocycles. The van der Waals surface area contributed by atoms with Crippen LogP contribution in [0.5, 0.6) is 0 Å². The second kappa shape index (κ2) is 4.73. The molecule has 0 bridgehead atoms. The lowest BCUT2D eigenvalue weighted by Crippen LogP contribution is -2.52. The Morgan fingerprint density at radius 3 is 1.89 bits per heavy atom. The van der Waals surface area contributed by atoms with E-state index < -0.39 is 0 Å². The highest BCUT2D eigenvalue weighted by molar-refractivity contribution is 5.77. The van der Waals surface area contributed by atoms with Gasteiger partial charge in [0.25, 0.3) is 0 Å². The number of hydrogen-bond acceptors (Lipinski definition) is 2. The van der Waals surface area contributed by atoms with E-state index in [0.717, 1.165) is 13.1 Å². The Kier molecular flexibility index (Phi) is 3.20. The number of hydrogen-bond donors (Lipinski definition) is 0. The summed E-state index contributed by atoms with van der Waals surface area (Å²) in [5.41, 5.74) is 3.32. The second-order valence-corrected chi connectivity index (χ2v) is 6.30. The average Bonchev–Trinajstić information content (AvgIpc) is 3.00. The van der Waals surface area contributed by atoms with Gasteiger partial charge >= 0.3 is 0 Å². The third-order valence-electron chi connectivity index (χ3n) is 5.14. The Balaban J connectivity index is 2.04. The zero-order valence-electron chi connectivity index (χ0n) is 12.5. The van der Waals surface area contributed by atoms with Crippen LogP contribution in [0.4, 0.5) is 11.4 Å². The lowest BCUT2D eigenvalue weighted by molar-refractivity contribution is 0.251. The van der Waals surface area contributed by atoms with Crippen molar-refractivity contribution in [1.82, 2.24) is 0 Å². The molecule has 1 aromatic carbocycles. The van der Waals surface area contributed by atoms with Gasteiger partial charge in [-0.05, 0) is 38.8 Å². The van der Waals surface area contributed by atoms with Crippen molar-refractivity contribution in [3.8, 4) is 0 Å². The lowest BCUT2D eigenvalue weighted by atomic mass is 9.84. The molecule has 1 saturated carbocycles. The Morgan fingerprint density at radius 2 is 1.47 bits per heavy atom. The normalized spacial score (nSPS) is 22.1. The maximum absolute atomic E-state index is 2.63. The van der Waals surface area contributed by atoms with Crippen LogP contribution in [0.2, 0.25) is 0 Å². The molecule has 0 amide bonds. The summed E-state index contributed by atoms with van der Waals surface area (Å²) in [4.78, 5) is 5.26. The first-order chi connectivity index (χ1) is 9.21. The molecule has 19 heavy (non-hydrogen) atoms. The maximum atomic E-state index is 2.63. The molecule has 104 valence electrons. The average molecular weight is 258 g/mol. The quantitative estimate of drug-likeness (QED) is 0.799. The van der Waals surface area contributed by atoms with Crippen LogP contribution in [0.25, 0.3) is 0 Å². The third-order valence-corrected chi connectivity index (χ3v) is 5.14. The first kappa shape index (κ1) is 12.8. The maximum Gasteiger partial charge on any atom is 0.107 e. The highest BCUT2D eigenvalue weighted by Crippen LogP contribution is 2.51.